The molecule has 0 saturated carbocycles. The van der Waals surface area contributed by atoms with Gasteiger partial charge in [0.2, 0.25) is 5.91 Å². The lowest BCUT2D eigenvalue weighted by molar-refractivity contribution is -0.126. The second-order valence-electron chi connectivity index (χ2n) is 10.1. The van der Waals surface area contributed by atoms with E-state index in [0.717, 1.165) is 42.9 Å². The molecule has 0 bridgehead atoms. The van der Waals surface area contributed by atoms with Crippen LogP contribution >= 0.6 is 0 Å². The largest absolute Gasteiger partial charge is 0.486 e. The summed E-state index contributed by atoms with van der Waals surface area (Å²) in [6.07, 6.45) is 3.17. The van der Waals surface area contributed by atoms with Gasteiger partial charge < -0.3 is 19.9 Å². The normalized spacial score (nSPS) is 18.1. The highest BCUT2D eigenvalue weighted by Crippen LogP contribution is 2.36. The van der Waals surface area contributed by atoms with Crippen molar-refractivity contribution in [1.29, 1.82) is 0 Å². The number of fused-ring (bicyclic) bond motifs is 1. The van der Waals surface area contributed by atoms with E-state index >= 15 is 0 Å². The van der Waals surface area contributed by atoms with E-state index in [1.54, 1.807) is 0 Å². The van der Waals surface area contributed by atoms with Crippen molar-refractivity contribution in [3.8, 4) is 5.75 Å². The number of hydrogen-bond donors (Lipinski definition) is 1. The number of piperidine rings is 1. The first kappa shape index (κ1) is 26.0. The Labute approximate surface area is 215 Å². The number of likely N-dealkylation sites (tertiary alicyclic amines) is 1. The molecule has 1 atom stereocenters. The van der Waals surface area contributed by atoms with Gasteiger partial charge in [0.15, 0.2) is 0 Å². The van der Waals surface area contributed by atoms with E-state index in [-0.39, 0.29) is 24.0 Å². The van der Waals surface area contributed by atoms with Crippen LogP contribution in [0.25, 0.3) is 0 Å². The second kappa shape index (κ2) is 12.3. The highest BCUT2D eigenvalue weighted by Gasteiger charge is 2.34. The van der Waals surface area contributed by atoms with Crippen LogP contribution in [0.4, 0.5) is 10.5 Å². The highest BCUT2D eigenvalue weighted by molar-refractivity contribution is 5.94. The number of amides is 3. The van der Waals surface area contributed by atoms with Crippen molar-refractivity contribution in [3.63, 3.8) is 0 Å². The van der Waals surface area contributed by atoms with E-state index in [1.165, 1.54) is 5.56 Å². The SMILES string of the molecule is CCC1CN(C(=O)N2CCC(C(=O)NCCCN(C)Cc3ccccc3)CC2)c2cc(C)ccc2O1. The minimum absolute atomic E-state index is 0.000731. The minimum atomic E-state index is -0.0290. The quantitative estimate of drug-likeness (QED) is 0.554. The number of nitrogens with one attached hydrogen (secondary N) is 1. The summed E-state index contributed by atoms with van der Waals surface area (Å²) < 4.78 is 6.08. The number of benzene rings is 2. The Bertz CT molecular complexity index is 1020. The van der Waals surface area contributed by atoms with Crippen molar-refractivity contribution in [3.05, 3.63) is 59.7 Å². The predicted octanol–water partition coefficient (Wildman–Crippen LogP) is 4.44. The fraction of sp³-hybridized carbons (Fsp3) is 0.517. The van der Waals surface area contributed by atoms with Crippen LogP contribution in [-0.4, -0.2) is 67.6 Å². The zero-order valence-electron chi connectivity index (χ0n) is 21.9. The lowest BCUT2D eigenvalue weighted by Gasteiger charge is -2.39. The molecule has 1 saturated heterocycles. The third-order valence-corrected chi connectivity index (χ3v) is 7.22. The summed E-state index contributed by atoms with van der Waals surface area (Å²) in [5.41, 5.74) is 3.25. The third-order valence-electron chi connectivity index (χ3n) is 7.22. The Balaban J connectivity index is 1.21. The van der Waals surface area contributed by atoms with Gasteiger partial charge in [-0.1, -0.05) is 43.3 Å². The number of rotatable bonds is 8. The minimum Gasteiger partial charge on any atom is -0.486 e. The van der Waals surface area contributed by atoms with Crippen molar-refractivity contribution in [1.82, 2.24) is 15.1 Å². The fourth-order valence-electron chi connectivity index (χ4n) is 5.03. The summed E-state index contributed by atoms with van der Waals surface area (Å²) in [5, 5.41) is 3.12. The average Bonchev–Trinajstić information content (AvgIpc) is 2.90. The topological polar surface area (TPSA) is 65.1 Å². The van der Waals surface area contributed by atoms with E-state index in [9.17, 15) is 9.59 Å². The summed E-state index contributed by atoms with van der Waals surface area (Å²) in [5.74, 6) is 0.862. The third kappa shape index (κ3) is 6.58. The lowest BCUT2D eigenvalue weighted by Crippen LogP contribution is -2.52. The van der Waals surface area contributed by atoms with Gasteiger partial charge in [0.25, 0.3) is 0 Å². The Morgan fingerprint density at radius 3 is 2.58 bits per heavy atom. The van der Waals surface area contributed by atoms with Crippen LogP contribution < -0.4 is 15.0 Å². The first-order chi connectivity index (χ1) is 17.4. The maximum absolute atomic E-state index is 13.5. The summed E-state index contributed by atoms with van der Waals surface area (Å²) >= 11 is 0. The van der Waals surface area contributed by atoms with Gasteiger partial charge in [-0.3, -0.25) is 9.69 Å². The number of carbonyl (C=O) groups is 2. The fourth-order valence-corrected chi connectivity index (χ4v) is 5.03. The van der Waals surface area contributed by atoms with Gasteiger partial charge in [0.05, 0.1) is 12.2 Å². The molecule has 194 valence electrons. The summed E-state index contributed by atoms with van der Waals surface area (Å²) in [4.78, 5) is 32.2. The van der Waals surface area contributed by atoms with Gasteiger partial charge in [-0.15, -0.1) is 0 Å². The maximum Gasteiger partial charge on any atom is 0.324 e. The average molecular weight is 493 g/mol. The molecule has 2 aliphatic rings. The molecule has 1 unspecified atom stereocenters. The molecule has 2 aromatic carbocycles. The maximum atomic E-state index is 13.5. The molecule has 7 nitrogen and oxygen atoms in total. The predicted molar refractivity (Wildman–Crippen MR) is 143 cm³/mol. The summed E-state index contributed by atoms with van der Waals surface area (Å²) in [6, 6.07) is 16.4. The molecule has 36 heavy (non-hydrogen) atoms. The number of carbonyl (C=O) groups excluding carboxylic acids is 2. The molecule has 7 heteroatoms. The molecule has 1 fully saturated rings. The van der Waals surface area contributed by atoms with Gasteiger partial charge in [-0.2, -0.15) is 0 Å². The molecule has 3 amide bonds. The van der Waals surface area contributed by atoms with Crippen molar-refractivity contribution in [2.24, 2.45) is 5.92 Å². The van der Waals surface area contributed by atoms with Crippen LogP contribution in [0.5, 0.6) is 5.75 Å². The van der Waals surface area contributed by atoms with Crippen LogP contribution in [0.1, 0.15) is 43.7 Å². The monoisotopic (exact) mass is 492 g/mol. The molecule has 1 N–H and O–H groups in total. The number of aryl methyl sites for hydroxylation is 1. The van der Waals surface area contributed by atoms with Crippen LogP contribution in [0.2, 0.25) is 0 Å². The zero-order chi connectivity index (χ0) is 25.5. The van der Waals surface area contributed by atoms with Gasteiger partial charge >= 0.3 is 6.03 Å². The standard InChI is InChI=1S/C29H40N4O3/c1-4-25-21-33(26-19-22(2)11-12-27(26)36-25)29(35)32-17-13-24(14-18-32)28(34)30-15-8-16-31(3)20-23-9-6-5-7-10-23/h5-7,9-12,19,24-25H,4,8,13-18,20-21H2,1-3H3,(H,30,34). The van der Waals surface area contributed by atoms with Crippen LogP contribution in [0, 0.1) is 12.8 Å². The van der Waals surface area contributed by atoms with E-state index in [4.69, 9.17) is 4.74 Å². The van der Waals surface area contributed by atoms with Crippen molar-refractivity contribution in [2.75, 3.05) is 44.7 Å². The van der Waals surface area contributed by atoms with E-state index < -0.39 is 0 Å². The molecule has 2 aromatic rings. The number of anilines is 1. The smallest absolute Gasteiger partial charge is 0.324 e. The molecule has 2 aliphatic heterocycles. The Morgan fingerprint density at radius 2 is 1.86 bits per heavy atom. The number of hydrogen-bond acceptors (Lipinski definition) is 4. The number of nitrogens with zero attached hydrogens (tertiary/aromatic N) is 3. The van der Waals surface area contributed by atoms with Crippen LogP contribution in [-0.2, 0) is 11.3 Å². The lowest BCUT2D eigenvalue weighted by atomic mass is 9.96. The zero-order valence-corrected chi connectivity index (χ0v) is 21.9. The first-order valence-corrected chi connectivity index (χ1v) is 13.3. The Kier molecular flexibility index (Phi) is 8.86. The van der Waals surface area contributed by atoms with E-state index in [2.05, 4.69) is 48.5 Å². The molecule has 4 rings (SSSR count). The van der Waals surface area contributed by atoms with E-state index in [0.29, 0.717) is 39.0 Å². The Hall–Kier alpha value is -3.06. The number of urea groups is 1. The first-order valence-electron chi connectivity index (χ1n) is 13.3. The van der Waals surface area contributed by atoms with Gasteiger partial charge in [-0.05, 0) is 69.5 Å². The molecular formula is C29H40N4O3. The van der Waals surface area contributed by atoms with Gasteiger partial charge in [-0.25, -0.2) is 4.79 Å². The molecular weight excluding hydrogens is 452 g/mol. The summed E-state index contributed by atoms with van der Waals surface area (Å²) in [6.45, 7) is 8.40. The highest BCUT2D eigenvalue weighted by atomic mass is 16.5. The molecule has 0 spiro atoms. The van der Waals surface area contributed by atoms with Crippen molar-refractivity contribution < 1.29 is 14.3 Å². The van der Waals surface area contributed by atoms with Crippen LogP contribution in [0.3, 0.4) is 0 Å². The molecule has 0 aliphatic carbocycles. The Morgan fingerprint density at radius 1 is 1.11 bits per heavy atom. The van der Waals surface area contributed by atoms with Gasteiger partial charge in [0.1, 0.15) is 11.9 Å². The number of ether oxygens (including phenoxy) is 1. The van der Waals surface area contributed by atoms with Crippen molar-refractivity contribution >= 4 is 17.6 Å². The van der Waals surface area contributed by atoms with E-state index in [1.807, 2.05) is 41.0 Å². The molecule has 0 aromatic heterocycles. The van der Waals surface area contributed by atoms with Gasteiger partial charge in [0, 0.05) is 32.1 Å². The van der Waals surface area contributed by atoms with Crippen LogP contribution in [0.15, 0.2) is 48.5 Å². The van der Waals surface area contributed by atoms with Crippen molar-refractivity contribution in [2.45, 2.75) is 52.2 Å². The second-order valence-corrected chi connectivity index (χ2v) is 10.1. The summed E-state index contributed by atoms with van der Waals surface area (Å²) in [7, 11) is 2.11. The molecule has 2 heterocycles. The molecule has 0 radical (unpaired) electrons.